The molecule has 9 aromatic carbocycles. The van der Waals surface area contributed by atoms with Gasteiger partial charge in [0.2, 0.25) is 0 Å². The van der Waals surface area contributed by atoms with Gasteiger partial charge in [-0.25, -0.2) is 0 Å². The highest BCUT2D eigenvalue weighted by atomic mass is 16.7. The molecule has 0 aromatic heterocycles. The van der Waals surface area contributed by atoms with Gasteiger partial charge in [0.15, 0.2) is 0 Å². The van der Waals surface area contributed by atoms with E-state index in [1.807, 2.05) is 54.6 Å². The molecule has 0 bridgehead atoms. The van der Waals surface area contributed by atoms with Crippen LogP contribution in [0.4, 0.5) is 0 Å². The van der Waals surface area contributed by atoms with E-state index in [-0.39, 0.29) is 0 Å². The lowest BCUT2D eigenvalue weighted by Crippen LogP contribution is -2.37. The smallest absolute Gasteiger partial charge is 0.489 e. The zero-order chi connectivity index (χ0) is 41.5. The van der Waals surface area contributed by atoms with Gasteiger partial charge in [0.1, 0.15) is 17.2 Å². The molecule has 0 atom stereocenters. The van der Waals surface area contributed by atoms with Crippen molar-refractivity contribution >= 4 is 7.32 Å². The summed E-state index contributed by atoms with van der Waals surface area (Å²) in [5.74, 6) is 1.90. The highest BCUT2D eigenvalue weighted by molar-refractivity contribution is 6.40. The van der Waals surface area contributed by atoms with Crippen molar-refractivity contribution in [1.29, 1.82) is 0 Å². The van der Waals surface area contributed by atoms with Crippen LogP contribution >= 0.6 is 0 Å². The lowest BCUT2D eigenvalue weighted by Gasteiger charge is -2.25. The van der Waals surface area contributed by atoms with Crippen LogP contribution in [-0.2, 0) is 0 Å². The first-order valence-corrected chi connectivity index (χ1v) is 20.8. The first-order chi connectivity index (χ1) is 30.0. The predicted octanol–water partition coefficient (Wildman–Crippen LogP) is 15.1. The van der Waals surface area contributed by atoms with Crippen LogP contribution in [0.25, 0.3) is 66.8 Å². The van der Waals surface area contributed by atoms with Crippen LogP contribution < -0.4 is 14.0 Å². The van der Waals surface area contributed by atoms with E-state index in [1.54, 1.807) is 0 Å². The van der Waals surface area contributed by atoms with Gasteiger partial charge >= 0.3 is 7.32 Å². The Balaban J connectivity index is 1.27. The van der Waals surface area contributed by atoms with E-state index in [9.17, 15) is 0 Å². The topological polar surface area (TPSA) is 27.7 Å². The Labute approximate surface area is 359 Å². The highest BCUT2D eigenvalue weighted by Gasteiger charge is 2.35. The van der Waals surface area contributed by atoms with Crippen molar-refractivity contribution < 1.29 is 14.0 Å². The number of aryl methyl sites for hydroxylation is 3. The lowest BCUT2D eigenvalue weighted by molar-refractivity contribution is 0.309. The molecule has 3 nitrogen and oxygen atoms in total. The van der Waals surface area contributed by atoms with Gasteiger partial charge in [-0.15, -0.1) is 0 Å². The fourth-order valence-corrected chi connectivity index (χ4v) is 8.35. The second-order valence-electron chi connectivity index (χ2n) is 15.2. The molecule has 4 heteroatoms. The van der Waals surface area contributed by atoms with Gasteiger partial charge in [0.05, 0.1) is 0 Å². The minimum absolute atomic E-state index is 0.633. The van der Waals surface area contributed by atoms with Crippen molar-refractivity contribution in [3.05, 3.63) is 235 Å². The molecule has 0 fully saturated rings. The van der Waals surface area contributed by atoms with Crippen LogP contribution in [0.5, 0.6) is 17.2 Å². The maximum Gasteiger partial charge on any atom is 0.864 e. The molecule has 0 spiro atoms. The van der Waals surface area contributed by atoms with Gasteiger partial charge in [-0.2, -0.15) is 0 Å². The maximum absolute atomic E-state index is 7.21. The van der Waals surface area contributed by atoms with Gasteiger partial charge in [0, 0.05) is 16.7 Å². The van der Waals surface area contributed by atoms with Crippen molar-refractivity contribution in [1.82, 2.24) is 0 Å². The fourth-order valence-electron chi connectivity index (χ4n) is 8.35. The van der Waals surface area contributed by atoms with E-state index in [2.05, 4.69) is 185 Å². The van der Waals surface area contributed by atoms with E-state index in [0.29, 0.717) is 17.2 Å². The van der Waals surface area contributed by atoms with Crippen LogP contribution in [0.15, 0.2) is 218 Å². The molecule has 0 radical (unpaired) electrons. The summed E-state index contributed by atoms with van der Waals surface area (Å²) in [6, 6.07) is 75.2. The Hall–Kier alpha value is -7.56. The molecule has 0 N–H and O–H groups in total. The average Bonchev–Trinajstić information content (AvgIpc) is 3.32. The monoisotopic (exact) mass is 788 g/mol. The highest BCUT2D eigenvalue weighted by Crippen LogP contribution is 2.46. The average molecular weight is 789 g/mol. The van der Waals surface area contributed by atoms with Gasteiger partial charge in [-0.3, -0.25) is 0 Å². The van der Waals surface area contributed by atoms with Crippen LogP contribution in [0.2, 0.25) is 0 Å². The summed E-state index contributed by atoms with van der Waals surface area (Å²) in [7, 11) is -1.24. The number of hydrogen-bond acceptors (Lipinski definition) is 3. The first kappa shape index (κ1) is 38.9. The molecule has 0 aliphatic carbocycles. The van der Waals surface area contributed by atoms with Crippen LogP contribution in [0, 0.1) is 20.8 Å². The van der Waals surface area contributed by atoms with Crippen molar-refractivity contribution in [3.8, 4) is 84.0 Å². The largest absolute Gasteiger partial charge is 0.864 e. The first-order valence-electron chi connectivity index (χ1n) is 20.8. The number of benzene rings is 9. The Bertz CT molecular complexity index is 2560. The van der Waals surface area contributed by atoms with Gasteiger partial charge < -0.3 is 14.0 Å². The minimum atomic E-state index is -1.24. The number of hydrogen-bond donors (Lipinski definition) is 0. The zero-order valence-electron chi connectivity index (χ0n) is 34.6. The van der Waals surface area contributed by atoms with Crippen LogP contribution in [0.1, 0.15) is 16.7 Å². The summed E-state index contributed by atoms with van der Waals surface area (Å²) in [6.07, 6.45) is 0. The summed E-state index contributed by atoms with van der Waals surface area (Å²) >= 11 is 0. The maximum atomic E-state index is 7.21. The third kappa shape index (κ3) is 8.22. The third-order valence-corrected chi connectivity index (χ3v) is 11.2. The van der Waals surface area contributed by atoms with E-state index in [4.69, 9.17) is 14.0 Å². The number of rotatable bonds is 12. The predicted molar refractivity (Wildman–Crippen MR) is 254 cm³/mol. The van der Waals surface area contributed by atoms with Gasteiger partial charge in [-0.05, 0) is 106 Å². The van der Waals surface area contributed by atoms with E-state index >= 15 is 0 Å². The van der Waals surface area contributed by atoms with Crippen molar-refractivity contribution in [2.45, 2.75) is 20.8 Å². The third-order valence-electron chi connectivity index (χ3n) is 11.2. The zero-order valence-corrected chi connectivity index (χ0v) is 34.6. The fraction of sp³-hybridized carbons (Fsp3) is 0.0526. The van der Waals surface area contributed by atoms with Crippen molar-refractivity contribution in [2.75, 3.05) is 0 Å². The second kappa shape index (κ2) is 17.7. The van der Waals surface area contributed by atoms with Crippen LogP contribution in [0.3, 0.4) is 0 Å². The molecule has 0 aliphatic rings. The Morgan fingerprint density at radius 2 is 0.426 bits per heavy atom. The standard InChI is InChI=1S/C57H45BO3/c1-40-34-37-49(55(46-28-16-7-17-29-46)52(40)43-22-10-4-11-23-43)59-58(60-50-38-35-41(2)53(44-24-12-5-13-25-44)56(50)47-30-18-8-19-31-47)61-51-39-36-42(3)54(45-26-14-6-15-27-45)57(51)48-32-20-9-21-33-48/h4-39H,1-3H3. The van der Waals surface area contributed by atoms with E-state index in [1.165, 1.54) is 0 Å². The summed E-state index contributed by atoms with van der Waals surface area (Å²) in [5, 5.41) is 0. The van der Waals surface area contributed by atoms with Crippen LogP contribution in [-0.4, -0.2) is 7.32 Å². The molecule has 9 rings (SSSR count). The molecular weight excluding hydrogens is 743 g/mol. The molecule has 294 valence electrons. The normalized spacial score (nSPS) is 10.9. The molecule has 61 heavy (non-hydrogen) atoms. The summed E-state index contributed by atoms with van der Waals surface area (Å²) < 4.78 is 21.6. The minimum Gasteiger partial charge on any atom is -0.489 e. The molecule has 0 amide bonds. The van der Waals surface area contributed by atoms with Crippen molar-refractivity contribution in [2.24, 2.45) is 0 Å². The molecule has 0 heterocycles. The van der Waals surface area contributed by atoms with E-state index in [0.717, 1.165) is 83.5 Å². The quantitative estimate of drug-likeness (QED) is 0.115. The Kier molecular flexibility index (Phi) is 11.3. The van der Waals surface area contributed by atoms with Gasteiger partial charge in [-0.1, -0.05) is 200 Å². The lowest BCUT2D eigenvalue weighted by atomic mass is 9.89. The van der Waals surface area contributed by atoms with Crippen molar-refractivity contribution in [3.63, 3.8) is 0 Å². The molecule has 0 saturated heterocycles. The van der Waals surface area contributed by atoms with E-state index < -0.39 is 7.32 Å². The molecule has 9 aromatic rings. The Morgan fingerprint density at radius 1 is 0.230 bits per heavy atom. The molecule has 0 aliphatic heterocycles. The summed E-state index contributed by atoms with van der Waals surface area (Å²) in [4.78, 5) is 0. The Morgan fingerprint density at radius 3 is 0.639 bits per heavy atom. The summed E-state index contributed by atoms with van der Waals surface area (Å²) in [5.41, 5.74) is 15.9. The SMILES string of the molecule is Cc1ccc(OB(Oc2ccc(C)c(-c3ccccc3)c2-c2ccccc2)Oc2ccc(C)c(-c3ccccc3)c2-c2ccccc2)c(-c2ccccc2)c1-c1ccccc1. The molecule has 0 saturated carbocycles. The summed E-state index contributed by atoms with van der Waals surface area (Å²) in [6.45, 7) is 6.45. The molecule has 0 unspecified atom stereocenters. The molecular formula is C57H45BO3. The van der Waals surface area contributed by atoms with Gasteiger partial charge in [0.25, 0.3) is 0 Å². The second-order valence-corrected chi connectivity index (χ2v) is 15.2.